The second-order valence-electron chi connectivity index (χ2n) is 10.00. The Morgan fingerprint density at radius 1 is 1.05 bits per heavy atom. The largest absolute Gasteiger partial charge is 0.375 e. The molecule has 6 rings (SSSR count). The summed E-state index contributed by atoms with van der Waals surface area (Å²) in [5.41, 5.74) is 3.28. The number of likely N-dealkylation sites (tertiary alicyclic amines) is 1. The molecule has 1 fully saturated rings. The lowest BCUT2D eigenvalue weighted by molar-refractivity contribution is -0.143. The van der Waals surface area contributed by atoms with Gasteiger partial charge in [0, 0.05) is 54.3 Å². The van der Waals surface area contributed by atoms with E-state index in [1.807, 2.05) is 31.4 Å². The van der Waals surface area contributed by atoms with E-state index in [0.29, 0.717) is 45.8 Å². The van der Waals surface area contributed by atoms with Crippen LogP contribution in [0.2, 0.25) is 0 Å². The summed E-state index contributed by atoms with van der Waals surface area (Å²) in [7, 11) is -2.21. The lowest BCUT2D eigenvalue weighted by atomic mass is 9.90. The third-order valence-corrected chi connectivity index (χ3v) is 9.75. The fourth-order valence-electron chi connectivity index (χ4n) is 4.95. The number of nitrogens with zero attached hydrogens (tertiary/aromatic N) is 4. The van der Waals surface area contributed by atoms with Gasteiger partial charge in [-0.15, -0.1) is 11.3 Å². The molecule has 3 aromatic heterocycles. The summed E-state index contributed by atoms with van der Waals surface area (Å²) < 4.78 is 28.4. The highest BCUT2D eigenvalue weighted by atomic mass is 32.2. The Bertz CT molecular complexity index is 1860. The summed E-state index contributed by atoms with van der Waals surface area (Å²) in [4.78, 5) is 23.7. The molecule has 1 aliphatic rings. The van der Waals surface area contributed by atoms with Crippen molar-refractivity contribution >= 4 is 38.3 Å². The molecule has 1 unspecified atom stereocenters. The monoisotopic (exact) mass is 558 g/mol. The molecule has 0 saturated carbocycles. The van der Waals surface area contributed by atoms with Crippen molar-refractivity contribution in [3.05, 3.63) is 89.1 Å². The molecule has 0 aliphatic carbocycles. The minimum atomic E-state index is -3.89. The van der Waals surface area contributed by atoms with Crippen LogP contribution in [0, 0.1) is 13.8 Å². The summed E-state index contributed by atoms with van der Waals surface area (Å²) >= 11 is 1.39. The molecule has 1 atom stereocenters. The number of carbonyl (C=O) groups excluding carboxylic acids is 1. The zero-order valence-corrected chi connectivity index (χ0v) is 23.3. The van der Waals surface area contributed by atoms with Crippen molar-refractivity contribution < 1.29 is 18.3 Å². The van der Waals surface area contributed by atoms with Crippen molar-refractivity contribution in [3.63, 3.8) is 0 Å². The Morgan fingerprint density at radius 3 is 2.54 bits per heavy atom. The van der Waals surface area contributed by atoms with Crippen LogP contribution in [0.1, 0.15) is 23.1 Å². The maximum Gasteiger partial charge on any atom is 0.269 e. The number of thiazole rings is 1. The van der Waals surface area contributed by atoms with Gasteiger partial charge >= 0.3 is 0 Å². The highest BCUT2D eigenvalue weighted by molar-refractivity contribution is 7.90. The zero-order chi connectivity index (χ0) is 27.5. The maximum atomic E-state index is 13.6. The smallest absolute Gasteiger partial charge is 0.269 e. The number of hydrogen-bond acceptors (Lipinski definition) is 7. The van der Waals surface area contributed by atoms with E-state index in [1.165, 1.54) is 20.2 Å². The number of hydrogen-bond donors (Lipinski definition) is 1. The number of fused-ring (bicyclic) bond motifs is 1. The summed E-state index contributed by atoms with van der Waals surface area (Å²) in [6, 6.07) is 15.9. The van der Waals surface area contributed by atoms with E-state index in [0.717, 1.165) is 16.7 Å². The topological polar surface area (TPSA) is 105 Å². The number of aryl methyl sites for hydroxylation is 2. The van der Waals surface area contributed by atoms with Gasteiger partial charge < -0.3 is 10.0 Å². The molecule has 0 bridgehead atoms. The van der Waals surface area contributed by atoms with Gasteiger partial charge in [-0.2, -0.15) is 0 Å². The standard InChI is InChI=1S/C29H26N4O4S2/c1-18-7-9-22(10-8-18)39(36,37)33-16-24(23-13-19(2)15-30-26(23)33)27-31-25(17-38-27)20-5-4-6-21(14-20)29(35)11-12-32(3)28(29)34/h4-10,13-17,35H,11-12H2,1-3H3. The molecule has 5 aromatic rings. The Kier molecular flexibility index (Phi) is 5.94. The SMILES string of the molecule is Cc1ccc(S(=O)(=O)n2cc(-c3nc(-c4cccc(C5(O)CCN(C)C5=O)c4)cs3)c3cc(C)cnc32)cc1. The van der Waals surface area contributed by atoms with Gasteiger partial charge in [-0.3, -0.25) is 4.79 Å². The Hall–Kier alpha value is -3.86. The minimum Gasteiger partial charge on any atom is -0.375 e. The van der Waals surface area contributed by atoms with Crippen LogP contribution in [0.3, 0.4) is 0 Å². The van der Waals surface area contributed by atoms with Crippen LogP contribution in [0.25, 0.3) is 32.9 Å². The van der Waals surface area contributed by atoms with Crippen LogP contribution in [0.15, 0.2) is 77.3 Å². The number of amides is 1. The summed E-state index contributed by atoms with van der Waals surface area (Å²) in [6.07, 6.45) is 3.56. The van der Waals surface area contributed by atoms with Crippen LogP contribution in [0.4, 0.5) is 0 Å². The van der Waals surface area contributed by atoms with Crippen LogP contribution < -0.4 is 0 Å². The second-order valence-corrected chi connectivity index (χ2v) is 12.7. The van der Waals surface area contributed by atoms with Crippen molar-refractivity contribution in [3.8, 4) is 21.8 Å². The number of pyridine rings is 1. The fourth-order valence-corrected chi connectivity index (χ4v) is 7.13. The Morgan fingerprint density at radius 2 is 1.82 bits per heavy atom. The van der Waals surface area contributed by atoms with Gasteiger partial charge in [0.25, 0.3) is 15.9 Å². The van der Waals surface area contributed by atoms with Gasteiger partial charge in [0.1, 0.15) is 5.01 Å². The van der Waals surface area contributed by atoms with E-state index in [9.17, 15) is 18.3 Å². The average molecular weight is 559 g/mol. The molecule has 10 heteroatoms. The van der Waals surface area contributed by atoms with Crippen LogP contribution >= 0.6 is 11.3 Å². The Balaban J connectivity index is 1.44. The Labute approximate surface area is 230 Å². The van der Waals surface area contributed by atoms with Crippen molar-refractivity contribution in [2.75, 3.05) is 13.6 Å². The molecule has 4 heterocycles. The summed E-state index contributed by atoms with van der Waals surface area (Å²) in [5.74, 6) is -0.316. The molecule has 1 saturated heterocycles. The van der Waals surface area contributed by atoms with Gasteiger partial charge in [0.15, 0.2) is 11.2 Å². The third kappa shape index (κ3) is 4.15. The van der Waals surface area contributed by atoms with Crippen molar-refractivity contribution in [2.45, 2.75) is 30.8 Å². The zero-order valence-electron chi connectivity index (χ0n) is 21.6. The quantitative estimate of drug-likeness (QED) is 0.334. The highest BCUT2D eigenvalue weighted by Gasteiger charge is 2.45. The first-order valence-corrected chi connectivity index (χ1v) is 14.7. The molecular formula is C29H26N4O4S2. The number of aromatic nitrogens is 3. The molecule has 1 amide bonds. The predicted molar refractivity (Wildman–Crippen MR) is 151 cm³/mol. The molecule has 0 radical (unpaired) electrons. The van der Waals surface area contributed by atoms with Gasteiger partial charge in [-0.05, 0) is 49.2 Å². The molecule has 39 heavy (non-hydrogen) atoms. The van der Waals surface area contributed by atoms with Gasteiger partial charge in [-0.1, -0.05) is 35.9 Å². The molecule has 1 aliphatic heterocycles. The van der Waals surface area contributed by atoms with Gasteiger partial charge in [-0.25, -0.2) is 22.4 Å². The fraction of sp³-hybridized carbons (Fsp3) is 0.207. The summed E-state index contributed by atoms with van der Waals surface area (Å²) in [6.45, 7) is 4.31. The first-order chi connectivity index (χ1) is 18.6. The van der Waals surface area contributed by atoms with Crippen molar-refractivity contribution in [1.29, 1.82) is 0 Å². The third-order valence-electron chi connectivity index (χ3n) is 7.21. The van der Waals surface area contributed by atoms with E-state index in [1.54, 1.807) is 61.9 Å². The number of aliphatic hydroxyl groups is 1. The van der Waals surface area contributed by atoms with Crippen LogP contribution in [-0.4, -0.2) is 51.9 Å². The molecular weight excluding hydrogens is 532 g/mol. The van der Waals surface area contributed by atoms with Gasteiger partial charge in [0.05, 0.1) is 10.6 Å². The van der Waals surface area contributed by atoms with Crippen molar-refractivity contribution in [2.24, 2.45) is 0 Å². The lowest BCUT2D eigenvalue weighted by Gasteiger charge is -2.21. The molecule has 2 aromatic carbocycles. The van der Waals surface area contributed by atoms with E-state index in [4.69, 9.17) is 4.98 Å². The van der Waals surface area contributed by atoms with E-state index in [-0.39, 0.29) is 10.8 Å². The van der Waals surface area contributed by atoms with E-state index >= 15 is 0 Å². The summed E-state index contributed by atoms with van der Waals surface area (Å²) in [5, 5.41) is 14.3. The molecule has 0 spiro atoms. The average Bonchev–Trinajstić information content (AvgIpc) is 3.63. The van der Waals surface area contributed by atoms with E-state index < -0.39 is 15.6 Å². The molecule has 8 nitrogen and oxygen atoms in total. The van der Waals surface area contributed by atoms with Crippen molar-refractivity contribution in [1.82, 2.24) is 18.8 Å². The molecule has 198 valence electrons. The first-order valence-electron chi connectivity index (χ1n) is 12.4. The predicted octanol–water partition coefficient (Wildman–Crippen LogP) is 4.73. The van der Waals surface area contributed by atoms with Crippen LogP contribution in [0.5, 0.6) is 0 Å². The van der Waals surface area contributed by atoms with Gasteiger partial charge in [0.2, 0.25) is 0 Å². The number of likely N-dealkylation sites (N-methyl/N-ethyl adjacent to an activating group) is 1. The normalized spacial score (nSPS) is 17.8. The van der Waals surface area contributed by atoms with Crippen LogP contribution in [-0.2, 0) is 20.4 Å². The maximum absolute atomic E-state index is 13.6. The first kappa shape index (κ1) is 25.4. The molecule has 1 N–H and O–H groups in total. The number of rotatable bonds is 5. The minimum absolute atomic E-state index is 0.181. The lowest BCUT2D eigenvalue weighted by Crippen LogP contribution is -2.36. The van der Waals surface area contributed by atoms with E-state index in [2.05, 4.69) is 4.98 Å². The highest BCUT2D eigenvalue weighted by Crippen LogP contribution is 2.38. The number of benzene rings is 2. The number of carbonyl (C=O) groups is 1. The second kappa shape index (κ2) is 9.11.